The molecule has 2 unspecified atom stereocenters. The topological polar surface area (TPSA) is 24.9 Å². The molecule has 0 aromatic heterocycles. The molecule has 5 heteroatoms. The molecule has 1 fully saturated rings. The van der Waals surface area contributed by atoms with Crippen LogP contribution in [0.4, 0.5) is 28.4 Å². The lowest BCUT2D eigenvalue weighted by atomic mass is 9.28. The first-order chi connectivity index (χ1) is 27.1. The molecule has 288 valence electrons. The third-order valence-corrected chi connectivity index (χ3v) is 13.2. The van der Waals surface area contributed by atoms with Crippen molar-refractivity contribution < 1.29 is 9.47 Å². The lowest BCUT2D eigenvalue weighted by Crippen LogP contribution is -2.62. The van der Waals surface area contributed by atoms with E-state index in [4.69, 9.17) is 9.47 Å². The van der Waals surface area contributed by atoms with Crippen molar-refractivity contribution in [3.8, 4) is 22.6 Å². The predicted octanol–water partition coefficient (Wildman–Crippen LogP) is 12.0. The van der Waals surface area contributed by atoms with Crippen LogP contribution in [0.15, 0.2) is 120 Å². The lowest BCUT2D eigenvalue weighted by Gasteiger charge is -2.51. The second-order valence-corrected chi connectivity index (χ2v) is 20.1. The summed E-state index contributed by atoms with van der Waals surface area (Å²) in [5.41, 5.74) is 18.7. The number of fused-ring (bicyclic) bond motifs is 6. The van der Waals surface area contributed by atoms with E-state index in [-0.39, 0.29) is 34.8 Å². The fourth-order valence-corrected chi connectivity index (χ4v) is 10.4. The minimum absolute atomic E-state index is 0.00800. The Balaban J connectivity index is 1.29. The van der Waals surface area contributed by atoms with Crippen LogP contribution in [0.1, 0.15) is 84.9 Å². The normalized spacial score (nSPS) is 20.3. The molecule has 0 N–H and O–H groups in total. The van der Waals surface area contributed by atoms with Crippen molar-refractivity contribution >= 4 is 46.1 Å². The van der Waals surface area contributed by atoms with E-state index >= 15 is 0 Å². The van der Waals surface area contributed by atoms with E-state index in [1.165, 1.54) is 67.1 Å². The number of benzene rings is 5. The number of allylic oxidation sites excluding steroid dienone is 2. The summed E-state index contributed by atoms with van der Waals surface area (Å²) in [4.78, 5) is 5.26. The number of nitrogens with zero attached hydrogens (tertiary/aromatic N) is 2. The number of hydrogen-bond acceptors (Lipinski definition) is 4. The van der Waals surface area contributed by atoms with Gasteiger partial charge in [-0.25, -0.2) is 0 Å². The molecule has 3 heterocycles. The van der Waals surface area contributed by atoms with Crippen molar-refractivity contribution in [1.82, 2.24) is 0 Å². The minimum atomic E-state index is 0.00800. The Labute approximate surface area is 340 Å². The highest BCUT2D eigenvalue weighted by molar-refractivity contribution is 6.91. The van der Waals surface area contributed by atoms with Crippen LogP contribution in [0.25, 0.3) is 11.1 Å². The van der Waals surface area contributed by atoms with Crippen LogP contribution in [0.3, 0.4) is 0 Å². The first-order valence-corrected chi connectivity index (χ1v) is 21.0. The fraction of sp³-hybridized carbons (Fsp3) is 0.346. The van der Waals surface area contributed by atoms with Crippen LogP contribution in [0.5, 0.6) is 11.5 Å². The molecule has 0 saturated heterocycles. The lowest BCUT2D eigenvalue weighted by molar-refractivity contribution is 0.172. The molecule has 5 aromatic rings. The van der Waals surface area contributed by atoms with Gasteiger partial charge in [0.05, 0.1) is 11.7 Å². The summed E-state index contributed by atoms with van der Waals surface area (Å²) in [6, 6.07) is 37.1. The second kappa shape index (κ2) is 12.7. The maximum absolute atomic E-state index is 6.38. The molecule has 3 aliphatic heterocycles. The van der Waals surface area contributed by atoms with E-state index in [9.17, 15) is 0 Å². The molecule has 10 rings (SSSR count). The molecule has 4 nitrogen and oxygen atoms in total. The van der Waals surface area contributed by atoms with Gasteiger partial charge in [-0.1, -0.05) is 122 Å². The van der Waals surface area contributed by atoms with Crippen LogP contribution >= 0.6 is 0 Å². The fourth-order valence-electron chi connectivity index (χ4n) is 10.4. The van der Waals surface area contributed by atoms with Gasteiger partial charge in [0, 0.05) is 34.4 Å². The third kappa shape index (κ3) is 5.95. The van der Waals surface area contributed by atoms with Gasteiger partial charge in [-0.3, -0.25) is 0 Å². The SMILES string of the molecule is Cc1cc2c3c(c1)N(c1cc4c(cc1-c1ccccc1)OCCO4)C1C=C4CC(C)(C)CC4=CC1B3c1cc(C(C)(C)C)ccc1N2c1ccc(C(C)(C)C)cc1. The largest absolute Gasteiger partial charge is 0.486 e. The van der Waals surface area contributed by atoms with Gasteiger partial charge in [-0.05, 0) is 123 Å². The summed E-state index contributed by atoms with van der Waals surface area (Å²) in [7, 11) is 0. The molecule has 0 bridgehead atoms. The summed E-state index contributed by atoms with van der Waals surface area (Å²) in [6.07, 6.45) is 7.59. The van der Waals surface area contributed by atoms with Crippen LogP contribution in [-0.2, 0) is 10.8 Å². The second-order valence-electron chi connectivity index (χ2n) is 20.1. The van der Waals surface area contributed by atoms with E-state index in [2.05, 4.69) is 181 Å². The Kier molecular flexibility index (Phi) is 8.05. The molecule has 0 radical (unpaired) electrons. The Bertz CT molecular complexity index is 2500. The average molecular weight is 751 g/mol. The van der Waals surface area contributed by atoms with Gasteiger partial charge in [0.25, 0.3) is 0 Å². The molecule has 5 aliphatic rings. The monoisotopic (exact) mass is 750 g/mol. The average Bonchev–Trinajstić information content (AvgIpc) is 3.48. The molecular formula is C52H55BN2O2. The molecule has 1 saturated carbocycles. The molecular weight excluding hydrogens is 695 g/mol. The van der Waals surface area contributed by atoms with E-state index in [1.54, 1.807) is 0 Å². The molecule has 0 amide bonds. The van der Waals surface area contributed by atoms with Crippen molar-refractivity contribution in [1.29, 1.82) is 0 Å². The van der Waals surface area contributed by atoms with E-state index in [0.29, 0.717) is 13.2 Å². The summed E-state index contributed by atoms with van der Waals surface area (Å²) in [5, 5.41) is 0. The Morgan fingerprint density at radius 1 is 0.649 bits per heavy atom. The summed E-state index contributed by atoms with van der Waals surface area (Å²) in [6.45, 7) is 22.4. The standard InChI is InChI=1S/C52H55BN2O2/c1-32-23-45-49-46(24-32)55(43-29-48-47(56-21-22-57-48)28-39(43)33-13-11-10-12-14-33)44-26-35-31-52(8,9)30-34(35)25-40(44)53(49)41-27-37(51(5,6)7)17-20-42(41)54(45)38-18-15-36(16-19-38)50(2,3)4/h10-20,23-29,40,44H,21-22,30-31H2,1-9H3. The van der Waals surface area contributed by atoms with Crippen molar-refractivity contribution in [2.75, 3.05) is 23.0 Å². The Morgan fingerprint density at radius 3 is 1.96 bits per heavy atom. The van der Waals surface area contributed by atoms with Crippen molar-refractivity contribution in [2.45, 2.75) is 97.8 Å². The Hall–Kier alpha value is -5.16. The maximum Gasteiger partial charge on any atom is 0.226 e. The van der Waals surface area contributed by atoms with Crippen LogP contribution in [0, 0.1) is 12.3 Å². The third-order valence-electron chi connectivity index (χ3n) is 13.2. The zero-order chi connectivity index (χ0) is 39.6. The van der Waals surface area contributed by atoms with Crippen molar-refractivity contribution in [3.63, 3.8) is 0 Å². The Morgan fingerprint density at radius 2 is 1.28 bits per heavy atom. The highest BCUT2D eigenvalue weighted by atomic mass is 16.6. The first-order valence-electron chi connectivity index (χ1n) is 21.0. The van der Waals surface area contributed by atoms with Crippen molar-refractivity contribution in [2.24, 2.45) is 5.41 Å². The van der Waals surface area contributed by atoms with Crippen molar-refractivity contribution in [3.05, 3.63) is 137 Å². The van der Waals surface area contributed by atoms with Crippen LogP contribution in [-0.4, -0.2) is 26.0 Å². The van der Waals surface area contributed by atoms with Gasteiger partial charge in [-0.2, -0.15) is 0 Å². The molecule has 5 aromatic carbocycles. The highest BCUT2D eigenvalue weighted by Crippen LogP contribution is 2.55. The van der Waals surface area contributed by atoms with Gasteiger partial charge in [0.15, 0.2) is 11.5 Å². The first kappa shape index (κ1) is 36.2. The van der Waals surface area contributed by atoms with Gasteiger partial charge in [-0.15, -0.1) is 0 Å². The summed E-state index contributed by atoms with van der Waals surface area (Å²) < 4.78 is 12.6. The number of hydrogen-bond donors (Lipinski definition) is 0. The molecule has 2 atom stereocenters. The zero-order valence-electron chi connectivity index (χ0n) is 35.2. The van der Waals surface area contributed by atoms with Gasteiger partial charge in [0.2, 0.25) is 6.71 Å². The van der Waals surface area contributed by atoms with Gasteiger partial charge < -0.3 is 19.3 Å². The predicted molar refractivity (Wildman–Crippen MR) is 240 cm³/mol. The highest BCUT2D eigenvalue weighted by Gasteiger charge is 2.51. The molecule has 0 spiro atoms. The minimum Gasteiger partial charge on any atom is -0.486 e. The van der Waals surface area contributed by atoms with E-state index in [1.807, 2.05) is 0 Å². The van der Waals surface area contributed by atoms with Crippen LogP contribution in [0.2, 0.25) is 5.82 Å². The summed E-state index contributed by atoms with van der Waals surface area (Å²) >= 11 is 0. The number of anilines is 5. The maximum atomic E-state index is 6.38. The molecule has 2 aliphatic carbocycles. The van der Waals surface area contributed by atoms with E-state index in [0.717, 1.165) is 35.6 Å². The van der Waals surface area contributed by atoms with Gasteiger partial charge >= 0.3 is 0 Å². The molecule has 57 heavy (non-hydrogen) atoms. The number of rotatable bonds is 3. The van der Waals surface area contributed by atoms with Gasteiger partial charge in [0.1, 0.15) is 13.2 Å². The summed E-state index contributed by atoms with van der Waals surface area (Å²) in [5.74, 6) is 1.85. The quantitative estimate of drug-likeness (QED) is 0.171. The van der Waals surface area contributed by atoms with Crippen LogP contribution < -0.4 is 30.2 Å². The number of ether oxygens (including phenoxy) is 2. The van der Waals surface area contributed by atoms with E-state index < -0.39 is 0 Å². The zero-order valence-corrected chi connectivity index (χ0v) is 35.2. The number of aryl methyl sites for hydroxylation is 1. The smallest absolute Gasteiger partial charge is 0.226 e.